The fourth-order valence-corrected chi connectivity index (χ4v) is 2.40. The lowest BCUT2D eigenvalue weighted by atomic mass is 10.1. The van der Waals surface area contributed by atoms with Crippen LogP contribution in [0, 0.1) is 6.92 Å². The summed E-state index contributed by atoms with van der Waals surface area (Å²) in [6.07, 6.45) is -0.822. The molecule has 1 unspecified atom stereocenters. The largest absolute Gasteiger partial charge is 0.382 e. The van der Waals surface area contributed by atoms with E-state index in [4.69, 9.17) is 23.2 Å². The Morgan fingerprint density at radius 2 is 1.88 bits per heavy atom. The van der Waals surface area contributed by atoms with E-state index >= 15 is 0 Å². The van der Waals surface area contributed by atoms with Crippen LogP contribution in [0.25, 0.3) is 0 Å². The molecule has 2 rings (SSSR count). The molecule has 0 radical (unpaired) electrons. The minimum atomic E-state index is -0.822. The smallest absolute Gasteiger partial charge is 0.132 e. The van der Waals surface area contributed by atoms with Crippen LogP contribution < -0.4 is 0 Å². The first kappa shape index (κ1) is 11.9. The monoisotopic (exact) mass is 273 g/mol. The van der Waals surface area contributed by atoms with Crippen LogP contribution >= 0.6 is 34.7 Å². The van der Waals surface area contributed by atoms with Crippen molar-refractivity contribution in [3.63, 3.8) is 0 Å². The average Bonchev–Trinajstić information content (AvgIpc) is 2.60. The number of aromatic nitrogens is 1. The fraction of sp³-hybridized carbons (Fsp3) is 0.182. The van der Waals surface area contributed by atoms with E-state index in [1.165, 1.54) is 0 Å². The first-order valence-electron chi connectivity index (χ1n) is 4.65. The summed E-state index contributed by atoms with van der Waals surface area (Å²) in [6.45, 7) is 1.99. The van der Waals surface area contributed by atoms with Crippen molar-refractivity contribution in [2.75, 3.05) is 0 Å². The zero-order chi connectivity index (χ0) is 11.7. The molecule has 0 fully saturated rings. The molecule has 84 valence electrons. The second kappa shape index (κ2) is 4.72. The molecule has 1 N–H and O–H groups in total. The van der Waals surface area contributed by atoms with Crippen molar-refractivity contribution >= 4 is 34.7 Å². The number of halogens is 2. The van der Waals surface area contributed by atoms with Crippen LogP contribution in [0.15, 0.2) is 24.3 Å². The molecule has 5 heteroatoms. The molecule has 1 aromatic heterocycles. The van der Waals surface area contributed by atoms with Gasteiger partial charge in [0.25, 0.3) is 0 Å². The van der Waals surface area contributed by atoms with Gasteiger partial charge in [0.1, 0.15) is 16.1 Å². The highest BCUT2D eigenvalue weighted by molar-refractivity contribution is 7.11. The Kier molecular flexibility index (Phi) is 3.50. The summed E-state index contributed by atoms with van der Waals surface area (Å²) in [4.78, 5) is 0. The van der Waals surface area contributed by atoms with Gasteiger partial charge in [0, 0.05) is 0 Å². The molecule has 0 amide bonds. The molecule has 1 heterocycles. The Hall–Kier alpha value is -0.610. The summed E-state index contributed by atoms with van der Waals surface area (Å²) in [5.41, 5.74) is 2.31. The van der Waals surface area contributed by atoms with Crippen LogP contribution in [0.5, 0.6) is 0 Å². The topological polar surface area (TPSA) is 33.1 Å². The van der Waals surface area contributed by atoms with Crippen molar-refractivity contribution in [3.05, 3.63) is 50.4 Å². The lowest BCUT2D eigenvalue weighted by molar-refractivity contribution is 0.216. The SMILES string of the molecule is Cc1ccc(C(O)c2nsc(Cl)c2Cl)cc1. The van der Waals surface area contributed by atoms with Gasteiger partial charge < -0.3 is 5.11 Å². The molecule has 0 aliphatic carbocycles. The maximum absolute atomic E-state index is 10.1. The van der Waals surface area contributed by atoms with Gasteiger partial charge in [-0.25, -0.2) is 0 Å². The van der Waals surface area contributed by atoms with E-state index in [0.29, 0.717) is 15.1 Å². The first-order chi connectivity index (χ1) is 7.59. The molecule has 0 aliphatic rings. The minimum absolute atomic E-state index is 0.333. The third-order valence-corrected chi connectivity index (χ3v) is 3.91. The van der Waals surface area contributed by atoms with Gasteiger partial charge in [0.15, 0.2) is 0 Å². The molecule has 0 saturated heterocycles. The van der Waals surface area contributed by atoms with E-state index in [0.717, 1.165) is 22.7 Å². The maximum atomic E-state index is 10.1. The van der Waals surface area contributed by atoms with Gasteiger partial charge in [-0.15, -0.1) is 0 Å². The van der Waals surface area contributed by atoms with E-state index < -0.39 is 6.10 Å². The summed E-state index contributed by atoms with van der Waals surface area (Å²) in [5.74, 6) is 0. The minimum Gasteiger partial charge on any atom is -0.382 e. The van der Waals surface area contributed by atoms with Crippen LogP contribution in [0.2, 0.25) is 9.36 Å². The van der Waals surface area contributed by atoms with E-state index in [1.807, 2.05) is 31.2 Å². The molecule has 1 atom stereocenters. The maximum Gasteiger partial charge on any atom is 0.132 e. The number of hydrogen-bond acceptors (Lipinski definition) is 3. The molecule has 0 saturated carbocycles. The van der Waals surface area contributed by atoms with Gasteiger partial charge in [0.05, 0.1) is 5.02 Å². The summed E-state index contributed by atoms with van der Waals surface area (Å²) >= 11 is 12.8. The zero-order valence-electron chi connectivity index (χ0n) is 8.45. The van der Waals surface area contributed by atoms with E-state index in [1.54, 1.807) is 0 Å². The van der Waals surface area contributed by atoms with E-state index in [9.17, 15) is 5.11 Å². The number of benzene rings is 1. The van der Waals surface area contributed by atoms with Crippen molar-refractivity contribution in [2.45, 2.75) is 13.0 Å². The number of aryl methyl sites for hydroxylation is 1. The van der Waals surface area contributed by atoms with Gasteiger partial charge in [-0.3, -0.25) is 0 Å². The van der Waals surface area contributed by atoms with Crippen LogP contribution in [0.3, 0.4) is 0 Å². The number of aliphatic hydroxyl groups excluding tert-OH is 1. The zero-order valence-corrected chi connectivity index (χ0v) is 10.8. The highest BCUT2D eigenvalue weighted by atomic mass is 35.5. The molecular formula is C11H9Cl2NOS. The van der Waals surface area contributed by atoms with Gasteiger partial charge in [-0.05, 0) is 24.0 Å². The lowest BCUT2D eigenvalue weighted by Crippen LogP contribution is -2.00. The molecule has 0 spiro atoms. The molecule has 16 heavy (non-hydrogen) atoms. The second-order valence-electron chi connectivity index (χ2n) is 3.47. The Labute approximate surface area is 108 Å². The molecule has 2 aromatic rings. The Morgan fingerprint density at radius 3 is 2.38 bits per heavy atom. The number of hydrogen-bond donors (Lipinski definition) is 1. The summed E-state index contributed by atoms with van der Waals surface area (Å²) in [5, 5.41) is 10.4. The van der Waals surface area contributed by atoms with Crippen molar-refractivity contribution in [1.29, 1.82) is 0 Å². The molecule has 2 nitrogen and oxygen atoms in total. The summed E-state index contributed by atoms with van der Waals surface area (Å²) in [7, 11) is 0. The number of aliphatic hydroxyl groups is 1. The third kappa shape index (κ3) is 2.23. The van der Waals surface area contributed by atoms with Crippen molar-refractivity contribution in [1.82, 2.24) is 4.37 Å². The second-order valence-corrected chi connectivity index (χ2v) is 5.22. The quantitative estimate of drug-likeness (QED) is 0.902. The highest BCUT2D eigenvalue weighted by Crippen LogP contribution is 2.35. The Morgan fingerprint density at radius 1 is 1.25 bits per heavy atom. The molecule has 0 bridgehead atoms. The molecule has 0 aliphatic heterocycles. The normalized spacial score (nSPS) is 12.8. The first-order valence-corrected chi connectivity index (χ1v) is 6.17. The highest BCUT2D eigenvalue weighted by Gasteiger charge is 2.19. The van der Waals surface area contributed by atoms with Gasteiger partial charge in [-0.2, -0.15) is 4.37 Å². The van der Waals surface area contributed by atoms with Gasteiger partial charge in [-0.1, -0.05) is 53.0 Å². The van der Waals surface area contributed by atoms with Gasteiger partial charge >= 0.3 is 0 Å². The van der Waals surface area contributed by atoms with Crippen LogP contribution in [-0.2, 0) is 0 Å². The molecule has 1 aromatic carbocycles. The van der Waals surface area contributed by atoms with E-state index in [2.05, 4.69) is 4.37 Å². The summed E-state index contributed by atoms with van der Waals surface area (Å²) in [6, 6.07) is 7.56. The van der Waals surface area contributed by atoms with Crippen LogP contribution in [-0.4, -0.2) is 9.48 Å². The summed E-state index contributed by atoms with van der Waals surface area (Å²) < 4.78 is 4.45. The predicted octanol–water partition coefficient (Wildman–Crippen LogP) is 3.84. The van der Waals surface area contributed by atoms with Crippen molar-refractivity contribution < 1.29 is 5.11 Å². The number of nitrogens with zero attached hydrogens (tertiary/aromatic N) is 1. The average molecular weight is 274 g/mol. The van der Waals surface area contributed by atoms with Crippen LogP contribution in [0.4, 0.5) is 0 Å². The predicted molar refractivity (Wildman–Crippen MR) is 67.4 cm³/mol. The fourth-order valence-electron chi connectivity index (χ4n) is 1.35. The standard InChI is InChI=1S/C11H9Cl2NOS/c1-6-2-4-7(5-3-6)10(15)9-8(12)11(13)16-14-9/h2-5,10,15H,1H3. The van der Waals surface area contributed by atoms with Gasteiger partial charge in [0.2, 0.25) is 0 Å². The third-order valence-electron chi connectivity index (χ3n) is 2.27. The lowest BCUT2D eigenvalue weighted by Gasteiger charge is -2.08. The molecular weight excluding hydrogens is 265 g/mol. The van der Waals surface area contributed by atoms with E-state index in [-0.39, 0.29) is 0 Å². The van der Waals surface area contributed by atoms with Crippen LogP contribution in [0.1, 0.15) is 22.9 Å². The van der Waals surface area contributed by atoms with Crippen molar-refractivity contribution in [3.8, 4) is 0 Å². The Balaban J connectivity index is 2.35. The number of rotatable bonds is 2. The van der Waals surface area contributed by atoms with Crippen molar-refractivity contribution in [2.24, 2.45) is 0 Å². The Bertz CT molecular complexity index is 495.